The van der Waals surface area contributed by atoms with Crippen molar-refractivity contribution in [1.29, 1.82) is 0 Å². The van der Waals surface area contributed by atoms with Crippen molar-refractivity contribution in [1.82, 2.24) is 5.32 Å². The summed E-state index contributed by atoms with van der Waals surface area (Å²) in [6.45, 7) is -1.49. The third kappa shape index (κ3) is 3.66. The Morgan fingerprint density at radius 3 is 2.50 bits per heavy atom. The molecule has 18 heavy (non-hydrogen) atoms. The summed E-state index contributed by atoms with van der Waals surface area (Å²) < 4.78 is 61.5. The van der Waals surface area contributed by atoms with Gasteiger partial charge < -0.3 is 5.32 Å². The van der Waals surface area contributed by atoms with Crippen LogP contribution in [0.15, 0.2) is 22.7 Å². The average molecular weight is 332 g/mol. The van der Waals surface area contributed by atoms with Gasteiger partial charge in [0.25, 0.3) is 5.91 Å². The lowest BCUT2D eigenvalue weighted by Crippen LogP contribution is -2.41. The Hall–Kier alpha value is -1.18. The molecule has 1 rings (SSSR count). The molecule has 0 bridgehead atoms. The molecule has 0 saturated heterocycles. The summed E-state index contributed by atoms with van der Waals surface area (Å²) >= 11 is 2.81. The van der Waals surface area contributed by atoms with Crippen molar-refractivity contribution in [2.75, 3.05) is 6.54 Å². The quantitative estimate of drug-likeness (QED) is 0.843. The van der Waals surface area contributed by atoms with Crippen molar-refractivity contribution in [3.63, 3.8) is 0 Å². The van der Waals surface area contributed by atoms with Crippen LogP contribution in [0.2, 0.25) is 0 Å². The number of halogens is 6. The van der Waals surface area contributed by atoms with E-state index in [1.165, 1.54) is 0 Å². The predicted molar refractivity (Wildman–Crippen MR) is 57.4 cm³/mol. The van der Waals surface area contributed by atoms with Crippen molar-refractivity contribution < 1.29 is 26.7 Å². The fourth-order valence-corrected chi connectivity index (χ4v) is 1.39. The SMILES string of the molecule is O=C(NCC(F)(F)C(F)F)c1ccc(F)c(Br)c1. The minimum atomic E-state index is -4.30. The minimum absolute atomic E-state index is 0.0317. The molecule has 1 amide bonds. The molecule has 0 aliphatic heterocycles. The maximum absolute atomic E-state index is 12.8. The maximum Gasteiger partial charge on any atom is 0.324 e. The number of amides is 1. The molecular weight excluding hydrogens is 325 g/mol. The van der Waals surface area contributed by atoms with Crippen LogP contribution in [-0.2, 0) is 0 Å². The van der Waals surface area contributed by atoms with E-state index in [1.54, 1.807) is 5.32 Å². The maximum atomic E-state index is 12.8. The van der Waals surface area contributed by atoms with E-state index in [0.717, 1.165) is 18.2 Å². The van der Waals surface area contributed by atoms with E-state index in [9.17, 15) is 26.7 Å². The lowest BCUT2D eigenvalue weighted by molar-refractivity contribution is -0.123. The van der Waals surface area contributed by atoms with Crippen LogP contribution in [-0.4, -0.2) is 24.8 Å². The van der Waals surface area contributed by atoms with Gasteiger partial charge in [0.05, 0.1) is 11.0 Å². The number of benzene rings is 1. The van der Waals surface area contributed by atoms with Crippen molar-refractivity contribution in [2.45, 2.75) is 12.3 Å². The van der Waals surface area contributed by atoms with E-state index in [1.807, 2.05) is 0 Å². The molecule has 100 valence electrons. The third-order valence-electron chi connectivity index (χ3n) is 1.99. The van der Waals surface area contributed by atoms with E-state index in [4.69, 9.17) is 0 Å². The molecule has 0 atom stereocenters. The van der Waals surface area contributed by atoms with Gasteiger partial charge in [-0.05, 0) is 34.1 Å². The molecule has 1 aromatic carbocycles. The van der Waals surface area contributed by atoms with Crippen LogP contribution >= 0.6 is 15.9 Å². The number of hydrogen-bond acceptors (Lipinski definition) is 1. The van der Waals surface area contributed by atoms with Crippen LogP contribution < -0.4 is 5.32 Å². The molecule has 0 heterocycles. The molecule has 8 heteroatoms. The first-order valence-corrected chi connectivity index (χ1v) is 5.42. The monoisotopic (exact) mass is 331 g/mol. The highest BCUT2D eigenvalue weighted by atomic mass is 79.9. The lowest BCUT2D eigenvalue weighted by atomic mass is 10.2. The zero-order valence-corrected chi connectivity index (χ0v) is 10.3. The summed E-state index contributed by atoms with van der Waals surface area (Å²) in [6, 6.07) is 3.06. The first kappa shape index (κ1) is 14.9. The summed E-state index contributed by atoms with van der Waals surface area (Å²) in [5, 5.41) is 1.66. The Balaban J connectivity index is 2.69. The second-order valence-corrected chi connectivity index (χ2v) is 4.23. The minimum Gasteiger partial charge on any atom is -0.346 e. The molecule has 0 unspecified atom stereocenters. The Labute approximate surface area is 107 Å². The molecule has 0 aromatic heterocycles. The summed E-state index contributed by atoms with van der Waals surface area (Å²) in [4.78, 5) is 11.3. The number of alkyl halides is 4. The van der Waals surface area contributed by atoms with Gasteiger partial charge in [0.15, 0.2) is 0 Å². The van der Waals surface area contributed by atoms with Crippen LogP contribution in [0.3, 0.4) is 0 Å². The van der Waals surface area contributed by atoms with Crippen molar-refractivity contribution >= 4 is 21.8 Å². The van der Waals surface area contributed by atoms with E-state index < -0.39 is 30.6 Å². The standard InChI is InChI=1S/C10H7BrF5NO/c11-6-3-5(1-2-7(6)12)8(18)17-4-10(15,16)9(13)14/h1-3,9H,4H2,(H,17,18). The molecule has 0 radical (unpaired) electrons. The zero-order valence-electron chi connectivity index (χ0n) is 8.69. The van der Waals surface area contributed by atoms with E-state index >= 15 is 0 Å². The Morgan fingerprint density at radius 2 is 2.00 bits per heavy atom. The van der Waals surface area contributed by atoms with Crippen LogP contribution in [0, 0.1) is 5.82 Å². The molecule has 2 nitrogen and oxygen atoms in total. The molecular formula is C10H7BrF5NO. The molecule has 1 aromatic rings. The normalized spacial score (nSPS) is 11.7. The first-order chi connectivity index (χ1) is 8.24. The van der Waals surface area contributed by atoms with E-state index in [0.29, 0.717) is 0 Å². The van der Waals surface area contributed by atoms with Crippen molar-refractivity contribution in [2.24, 2.45) is 0 Å². The van der Waals surface area contributed by atoms with Crippen LogP contribution in [0.25, 0.3) is 0 Å². The van der Waals surface area contributed by atoms with E-state index in [-0.39, 0.29) is 10.0 Å². The van der Waals surface area contributed by atoms with Crippen LogP contribution in [0.5, 0.6) is 0 Å². The Kier molecular flexibility index (Phi) is 4.66. The molecule has 1 N–H and O–H groups in total. The van der Waals surface area contributed by atoms with Gasteiger partial charge in [-0.15, -0.1) is 0 Å². The molecule has 0 aliphatic rings. The van der Waals surface area contributed by atoms with Gasteiger partial charge >= 0.3 is 12.3 Å². The summed E-state index contributed by atoms with van der Waals surface area (Å²) in [5.74, 6) is -5.92. The highest BCUT2D eigenvalue weighted by molar-refractivity contribution is 9.10. The van der Waals surface area contributed by atoms with Gasteiger partial charge in [0.1, 0.15) is 5.82 Å². The van der Waals surface area contributed by atoms with Crippen LogP contribution in [0.1, 0.15) is 10.4 Å². The number of carbonyl (C=O) groups excluding carboxylic acids is 1. The largest absolute Gasteiger partial charge is 0.346 e. The molecule has 0 saturated carbocycles. The van der Waals surface area contributed by atoms with Gasteiger partial charge in [0.2, 0.25) is 0 Å². The fourth-order valence-electron chi connectivity index (χ4n) is 1.01. The van der Waals surface area contributed by atoms with E-state index in [2.05, 4.69) is 15.9 Å². The summed E-state index contributed by atoms with van der Waals surface area (Å²) in [6.07, 6.45) is -3.86. The third-order valence-corrected chi connectivity index (χ3v) is 2.59. The Morgan fingerprint density at radius 1 is 1.39 bits per heavy atom. The molecule has 0 fully saturated rings. The zero-order chi connectivity index (χ0) is 13.9. The van der Waals surface area contributed by atoms with Gasteiger partial charge in [-0.1, -0.05) is 0 Å². The predicted octanol–water partition coefficient (Wildman–Crippen LogP) is 3.22. The van der Waals surface area contributed by atoms with Crippen LogP contribution in [0.4, 0.5) is 22.0 Å². The van der Waals surface area contributed by atoms with Gasteiger partial charge in [-0.3, -0.25) is 4.79 Å². The number of hydrogen-bond donors (Lipinski definition) is 1. The fraction of sp³-hybridized carbons (Fsp3) is 0.300. The summed E-state index contributed by atoms with van der Waals surface area (Å²) in [5.41, 5.74) is -0.117. The number of carbonyl (C=O) groups is 1. The number of rotatable bonds is 4. The highest BCUT2D eigenvalue weighted by Gasteiger charge is 2.40. The van der Waals surface area contributed by atoms with Gasteiger partial charge in [0, 0.05) is 5.56 Å². The molecule has 0 aliphatic carbocycles. The highest BCUT2D eigenvalue weighted by Crippen LogP contribution is 2.22. The topological polar surface area (TPSA) is 29.1 Å². The summed E-state index contributed by atoms with van der Waals surface area (Å²) in [7, 11) is 0. The number of nitrogens with one attached hydrogen (secondary N) is 1. The second-order valence-electron chi connectivity index (χ2n) is 3.37. The van der Waals surface area contributed by atoms with Crippen molar-refractivity contribution in [3.8, 4) is 0 Å². The lowest BCUT2D eigenvalue weighted by Gasteiger charge is -2.15. The van der Waals surface area contributed by atoms with Gasteiger partial charge in [-0.25, -0.2) is 13.2 Å². The average Bonchev–Trinajstić information content (AvgIpc) is 2.29. The Bertz CT molecular complexity index is 452. The smallest absolute Gasteiger partial charge is 0.324 e. The van der Waals surface area contributed by atoms with Gasteiger partial charge in [-0.2, -0.15) is 8.78 Å². The second kappa shape index (κ2) is 5.64. The first-order valence-electron chi connectivity index (χ1n) is 4.63. The van der Waals surface area contributed by atoms with Crippen molar-refractivity contribution in [3.05, 3.63) is 34.1 Å². The molecule has 0 spiro atoms.